The van der Waals surface area contributed by atoms with E-state index in [0.29, 0.717) is 17.5 Å². The highest BCUT2D eigenvalue weighted by Gasteiger charge is 2.51. The van der Waals surface area contributed by atoms with Gasteiger partial charge in [-0.1, -0.05) is 37.6 Å². The molecule has 1 aromatic carbocycles. The molecule has 1 amide bonds. The van der Waals surface area contributed by atoms with E-state index < -0.39 is 0 Å². The van der Waals surface area contributed by atoms with Crippen LogP contribution >= 0.6 is 11.6 Å². The van der Waals surface area contributed by atoms with E-state index >= 15 is 0 Å². The monoisotopic (exact) mass is 350 g/mol. The Morgan fingerprint density at radius 3 is 2.71 bits per heavy atom. The van der Waals surface area contributed by atoms with Crippen molar-refractivity contribution in [1.82, 2.24) is 10.2 Å². The highest BCUT2D eigenvalue weighted by molar-refractivity contribution is 6.30. The summed E-state index contributed by atoms with van der Waals surface area (Å²) in [5.41, 5.74) is 0.715. The molecule has 4 nitrogen and oxygen atoms in total. The predicted molar refractivity (Wildman–Crippen MR) is 96.4 cm³/mol. The lowest BCUT2D eigenvalue weighted by molar-refractivity contribution is -0.124. The van der Waals surface area contributed by atoms with E-state index in [0.717, 1.165) is 44.6 Å². The van der Waals surface area contributed by atoms with E-state index in [4.69, 9.17) is 16.3 Å². The Kier molecular flexibility index (Phi) is 5.48. The Labute approximate surface area is 149 Å². The lowest BCUT2D eigenvalue weighted by Gasteiger charge is -2.34. The molecule has 1 N–H and O–H groups in total. The first-order valence-corrected chi connectivity index (χ1v) is 9.26. The summed E-state index contributed by atoms with van der Waals surface area (Å²) >= 11 is 5.95. The van der Waals surface area contributed by atoms with Crippen LogP contribution in [0, 0.1) is 5.92 Å². The first-order chi connectivity index (χ1) is 11.5. The third-order valence-electron chi connectivity index (χ3n) is 4.92. The summed E-state index contributed by atoms with van der Waals surface area (Å²) in [5.74, 6) is 0.771. The Bertz CT molecular complexity index is 569. The van der Waals surface area contributed by atoms with Crippen molar-refractivity contribution < 1.29 is 9.53 Å². The molecule has 132 valence electrons. The lowest BCUT2D eigenvalue weighted by atomic mass is 9.95. The van der Waals surface area contributed by atoms with E-state index in [1.165, 1.54) is 0 Å². The molecule has 1 atom stereocenters. The third kappa shape index (κ3) is 4.11. The number of morpholine rings is 1. The standard InChI is InChI=1S/C19H27ClN2O2/c1-14(2)12-22-9-10-24-17(13-22)11-21-18(23)19(7-8-19)15-3-5-16(20)6-4-15/h3-6,14,17H,7-13H2,1-2H3,(H,21,23). The molecular formula is C19H27ClN2O2. The molecule has 1 saturated heterocycles. The van der Waals surface area contributed by atoms with Crippen molar-refractivity contribution in [3.05, 3.63) is 34.9 Å². The van der Waals surface area contributed by atoms with Gasteiger partial charge in [-0.25, -0.2) is 0 Å². The topological polar surface area (TPSA) is 41.6 Å². The second-order valence-electron chi connectivity index (χ2n) is 7.45. The Balaban J connectivity index is 1.53. The number of hydrogen-bond acceptors (Lipinski definition) is 3. The zero-order valence-electron chi connectivity index (χ0n) is 14.6. The minimum Gasteiger partial charge on any atom is -0.374 e. The fraction of sp³-hybridized carbons (Fsp3) is 0.632. The van der Waals surface area contributed by atoms with Crippen LogP contribution in [0.5, 0.6) is 0 Å². The summed E-state index contributed by atoms with van der Waals surface area (Å²) in [6, 6.07) is 7.66. The summed E-state index contributed by atoms with van der Waals surface area (Å²) in [6.45, 7) is 8.76. The van der Waals surface area contributed by atoms with Crippen LogP contribution in [0.3, 0.4) is 0 Å². The Hall–Kier alpha value is -1.10. The number of halogens is 1. The molecular weight excluding hydrogens is 324 g/mol. The van der Waals surface area contributed by atoms with E-state index in [2.05, 4.69) is 24.1 Å². The quantitative estimate of drug-likeness (QED) is 0.857. The van der Waals surface area contributed by atoms with Gasteiger partial charge in [0, 0.05) is 31.2 Å². The molecule has 1 unspecified atom stereocenters. The first-order valence-electron chi connectivity index (χ1n) is 8.88. The van der Waals surface area contributed by atoms with Crippen molar-refractivity contribution in [2.45, 2.75) is 38.2 Å². The molecule has 1 aliphatic carbocycles. The maximum absolute atomic E-state index is 12.7. The second kappa shape index (κ2) is 7.42. The number of benzene rings is 1. The number of amides is 1. The largest absolute Gasteiger partial charge is 0.374 e. The predicted octanol–water partition coefficient (Wildman–Crippen LogP) is 2.84. The average Bonchev–Trinajstić information content (AvgIpc) is 3.35. The van der Waals surface area contributed by atoms with Crippen LogP contribution < -0.4 is 5.32 Å². The van der Waals surface area contributed by atoms with Gasteiger partial charge in [-0.05, 0) is 36.5 Å². The van der Waals surface area contributed by atoms with Crippen LogP contribution in [-0.2, 0) is 14.9 Å². The number of nitrogens with zero attached hydrogens (tertiary/aromatic N) is 1. The van der Waals surface area contributed by atoms with E-state index in [-0.39, 0.29) is 17.4 Å². The Morgan fingerprint density at radius 1 is 1.38 bits per heavy atom. The average molecular weight is 351 g/mol. The normalized spacial score (nSPS) is 23.2. The molecule has 1 aliphatic heterocycles. The summed E-state index contributed by atoms with van der Waals surface area (Å²) in [7, 11) is 0. The second-order valence-corrected chi connectivity index (χ2v) is 7.88. The van der Waals surface area contributed by atoms with Crippen LogP contribution in [0.4, 0.5) is 0 Å². The first kappa shape index (κ1) is 17.7. The number of hydrogen-bond donors (Lipinski definition) is 1. The number of rotatable bonds is 6. The van der Waals surface area contributed by atoms with Gasteiger partial charge in [-0.2, -0.15) is 0 Å². The van der Waals surface area contributed by atoms with Crippen LogP contribution in [0.1, 0.15) is 32.3 Å². The van der Waals surface area contributed by atoms with Gasteiger partial charge in [-0.3, -0.25) is 9.69 Å². The lowest BCUT2D eigenvalue weighted by Crippen LogP contribution is -2.49. The highest BCUT2D eigenvalue weighted by Crippen LogP contribution is 2.48. The minimum absolute atomic E-state index is 0.0856. The zero-order chi connectivity index (χ0) is 17.2. The molecule has 5 heteroatoms. The van der Waals surface area contributed by atoms with E-state index in [1.54, 1.807) is 0 Å². The molecule has 0 spiro atoms. The number of carbonyl (C=O) groups is 1. The van der Waals surface area contributed by atoms with Gasteiger partial charge in [0.15, 0.2) is 0 Å². The smallest absolute Gasteiger partial charge is 0.230 e. The number of nitrogens with one attached hydrogen (secondary N) is 1. The van der Waals surface area contributed by atoms with E-state index in [9.17, 15) is 4.79 Å². The summed E-state index contributed by atoms with van der Waals surface area (Å²) in [6.07, 6.45) is 1.90. The fourth-order valence-electron chi connectivity index (χ4n) is 3.50. The molecule has 2 aliphatic rings. The Morgan fingerprint density at radius 2 is 2.08 bits per heavy atom. The molecule has 24 heavy (non-hydrogen) atoms. The van der Waals surface area contributed by atoms with Crippen molar-refractivity contribution in [2.75, 3.05) is 32.8 Å². The van der Waals surface area contributed by atoms with Gasteiger partial charge in [0.25, 0.3) is 0 Å². The van der Waals surface area contributed by atoms with Crippen LogP contribution in [0.25, 0.3) is 0 Å². The summed E-state index contributed by atoms with van der Waals surface area (Å²) < 4.78 is 5.82. The summed E-state index contributed by atoms with van der Waals surface area (Å²) in [5, 5.41) is 3.82. The van der Waals surface area contributed by atoms with Gasteiger partial charge >= 0.3 is 0 Å². The van der Waals surface area contributed by atoms with Gasteiger partial charge in [0.05, 0.1) is 18.1 Å². The molecule has 1 heterocycles. The minimum atomic E-state index is -0.350. The maximum Gasteiger partial charge on any atom is 0.230 e. The molecule has 0 bridgehead atoms. The van der Waals surface area contributed by atoms with Gasteiger partial charge in [-0.15, -0.1) is 0 Å². The van der Waals surface area contributed by atoms with Crippen molar-refractivity contribution in [3.63, 3.8) is 0 Å². The molecule has 1 aromatic rings. The van der Waals surface area contributed by atoms with Gasteiger partial charge < -0.3 is 10.1 Å². The van der Waals surface area contributed by atoms with Crippen LogP contribution in [0.2, 0.25) is 5.02 Å². The van der Waals surface area contributed by atoms with Crippen LogP contribution in [-0.4, -0.2) is 49.7 Å². The molecule has 1 saturated carbocycles. The SMILES string of the molecule is CC(C)CN1CCOC(CNC(=O)C2(c3ccc(Cl)cc3)CC2)C1. The van der Waals surface area contributed by atoms with E-state index in [1.807, 2.05) is 24.3 Å². The summed E-state index contributed by atoms with van der Waals surface area (Å²) in [4.78, 5) is 15.1. The number of ether oxygens (including phenoxy) is 1. The highest BCUT2D eigenvalue weighted by atomic mass is 35.5. The maximum atomic E-state index is 12.7. The molecule has 3 rings (SSSR count). The molecule has 2 fully saturated rings. The number of carbonyl (C=O) groups excluding carboxylic acids is 1. The van der Waals surface area contributed by atoms with Crippen molar-refractivity contribution in [3.8, 4) is 0 Å². The van der Waals surface area contributed by atoms with Gasteiger partial charge in [0.2, 0.25) is 5.91 Å². The zero-order valence-corrected chi connectivity index (χ0v) is 15.3. The molecule has 0 radical (unpaired) electrons. The van der Waals surface area contributed by atoms with Crippen LogP contribution in [0.15, 0.2) is 24.3 Å². The van der Waals surface area contributed by atoms with Crippen molar-refractivity contribution in [1.29, 1.82) is 0 Å². The van der Waals surface area contributed by atoms with Crippen molar-refractivity contribution >= 4 is 17.5 Å². The third-order valence-corrected chi connectivity index (χ3v) is 5.17. The molecule has 0 aromatic heterocycles. The van der Waals surface area contributed by atoms with Gasteiger partial charge in [0.1, 0.15) is 0 Å². The fourth-order valence-corrected chi connectivity index (χ4v) is 3.63. The van der Waals surface area contributed by atoms with Crippen molar-refractivity contribution in [2.24, 2.45) is 5.92 Å².